The van der Waals surface area contributed by atoms with E-state index in [1.807, 2.05) is 18.2 Å². The van der Waals surface area contributed by atoms with E-state index in [2.05, 4.69) is 0 Å². The molecule has 0 bridgehead atoms. The van der Waals surface area contributed by atoms with Crippen molar-refractivity contribution in [3.05, 3.63) is 47.5 Å². The van der Waals surface area contributed by atoms with Gasteiger partial charge in [0.05, 0.1) is 4.90 Å². The largest absolute Gasteiger partial charge is 0.398 e. The van der Waals surface area contributed by atoms with Crippen LogP contribution in [-0.4, -0.2) is 14.7 Å². The van der Waals surface area contributed by atoms with Crippen LogP contribution >= 0.6 is 11.6 Å². The highest BCUT2D eigenvalue weighted by Crippen LogP contribution is 2.32. The Morgan fingerprint density at radius 3 is 2.28 bits per heavy atom. The van der Waals surface area contributed by atoms with Crippen LogP contribution in [0.5, 0.6) is 0 Å². The summed E-state index contributed by atoms with van der Waals surface area (Å²) in [5.41, 5.74) is 7.81. The number of rotatable bonds is 2. The Labute approximate surface area is 111 Å². The van der Waals surface area contributed by atoms with Gasteiger partial charge in [0.1, 0.15) is 0 Å². The minimum absolute atomic E-state index is 0.204. The predicted octanol–water partition coefficient (Wildman–Crippen LogP) is 2.99. The van der Waals surface area contributed by atoms with Crippen LogP contribution in [0.15, 0.2) is 47.4 Å². The fourth-order valence-electron chi connectivity index (χ4n) is 1.70. The Kier molecular flexibility index (Phi) is 3.32. The van der Waals surface area contributed by atoms with Crippen LogP contribution in [0.4, 0.5) is 5.69 Å². The molecule has 2 aromatic rings. The van der Waals surface area contributed by atoms with Gasteiger partial charge in [0, 0.05) is 28.1 Å². The number of sulfone groups is 1. The first kappa shape index (κ1) is 12.9. The smallest absolute Gasteiger partial charge is 0.175 e. The normalized spacial score (nSPS) is 11.4. The lowest BCUT2D eigenvalue weighted by atomic mass is 10.0. The SMILES string of the molecule is CS(=O)(=O)c1ccc(-c2ccccc2Cl)c(N)c1. The molecule has 0 unspecified atom stereocenters. The molecule has 2 rings (SSSR count). The van der Waals surface area contributed by atoms with Crippen LogP contribution in [0, 0.1) is 0 Å². The molecular formula is C13H12ClNO2S. The molecular weight excluding hydrogens is 270 g/mol. The molecule has 94 valence electrons. The molecule has 2 aromatic carbocycles. The lowest BCUT2D eigenvalue weighted by Gasteiger charge is -2.09. The second-order valence-corrected chi connectivity index (χ2v) is 6.42. The molecule has 0 aliphatic heterocycles. The van der Waals surface area contributed by atoms with Crippen LogP contribution in [0.25, 0.3) is 11.1 Å². The monoisotopic (exact) mass is 281 g/mol. The first-order valence-corrected chi connectivity index (χ1v) is 7.51. The van der Waals surface area contributed by atoms with Crippen molar-refractivity contribution in [2.24, 2.45) is 0 Å². The summed E-state index contributed by atoms with van der Waals surface area (Å²) in [4.78, 5) is 0.204. The molecule has 2 N–H and O–H groups in total. The van der Waals surface area contributed by atoms with E-state index in [9.17, 15) is 8.42 Å². The van der Waals surface area contributed by atoms with Gasteiger partial charge in [-0.2, -0.15) is 0 Å². The zero-order valence-electron chi connectivity index (χ0n) is 9.72. The Hall–Kier alpha value is -1.52. The van der Waals surface area contributed by atoms with E-state index in [1.54, 1.807) is 12.1 Å². The van der Waals surface area contributed by atoms with Crippen LogP contribution in [0.3, 0.4) is 0 Å². The topological polar surface area (TPSA) is 60.2 Å². The third-order valence-electron chi connectivity index (χ3n) is 2.62. The maximum Gasteiger partial charge on any atom is 0.175 e. The van der Waals surface area contributed by atoms with E-state index >= 15 is 0 Å². The Balaban J connectivity index is 2.59. The maximum absolute atomic E-state index is 11.4. The summed E-state index contributed by atoms with van der Waals surface area (Å²) < 4.78 is 22.8. The van der Waals surface area contributed by atoms with Crippen LogP contribution in [-0.2, 0) is 9.84 Å². The number of nitrogens with two attached hydrogens (primary N) is 1. The average Bonchev–Trinajstić information content (AvgIpc) is 2.29. The van der Waals surface area contributed by atoms with Gasteiger partial charge in [0.2, 0.25) is 0 Å². The Morgan fingerprint density at radius 2 is 1.72 bits per heavy atom. The van der Waals surface area contributed by atoms with Crippen LogP contribution in [0.1, 0.15) is 0 Å². The highest BCUT2D eigenvalue weighted by Gasteiger charge is 2.11. The summed E-state index contributed by atoms with van der Waals surface area (Å²) in [6.07, 6.45) is 1.15. The highest BCUT2D eigenvalue weighted by atomic mass is 35.5. The lowest BCUT2D eigenvalue weighted by molar-refractivity contribution is 0.602. The molecule has 0 saturated heterocycles. The summed E-state index contributed by atoms with van der Waals surface area (Å²) >= 11 is 6.09. The molecule has 0 spiro atoms. The fraction of sp³-hybridized carbons (Fsp3) is 0.0769. The summed E-state index contributed by atoms with van der Waals surface area (Å²) in [6, 6.07) is 11.9. The molecule has 0 aliphatic carbocycles. The molecule has 0 amide bonds. The lowest BCUT2D eigenvalue weighted by Crippen LogP contribution is -1.99. The van der Waals surface area contributed by atoms with Crippen molar-refractivity contribution in [3.8, 4) is 11.1 Å². The van der Waals surface area contributed by atoms with Gasteiger partial charge >= 0.3 is 0 Å². The van der Waals surface area contributed by atoms with E-state index in [-0.39, 0.29) is 4.90 Å². The van der Waals surface area contributed by atoms with Crippen molar-refractivity contribution >= 4 is 27.1 Å². The molecule has 0 atom stereocenters. The molecule has 18 heavy (non-hydrogen) atoms. The highest BCUT2D eigenvalue weighted by molar-refractivity contribution is 7.90. The molecule has 0 aromatic heterocycles. The number of benzene rings is 2. The number of nitrogen functional groups attached to an aromatic ring is 1. The second-order valence-electron chi connectivity index (χ2n) is 4.00. The average molecular weight is 282 g/mol. The van der Waals surface area contributed by atoms with Gasteiger partial charge in [-0.25, -0.2) is 8.42 Å². The van der Waals surface area contributed by atoms with Crippen LogP contribution < -0.4 is 5.73 Å². The molecule has 0 fully saturated rings. The zero-order valence-corrected chi connectivity index (χ0v) is 11.3. The maximum atomic E-state index is 11.4. The van der Waals surface area contributed by atoms with Gasteiger partial charge in [-0.1, -0.05) is 35.9 Å². The minimum atomic E-state index is -3.25. The summed E-state index contributed by atoms with van der Waals surface area (Å²) in [5.74, 6) is 0. The molecule has 0 saturated carbocycles. The minimum Gasteiger partial charge on any atom is -0.398 e. The molecule has 0 aliphatic rings. The third-order valence-corrected chi connectivity index (χ3v) is 4.06. The van der Waals surface area contributed by atoms with Gasteiger partial charge in [-0.3, -0.25) is 0 Å². The van der Waals surface area contributed by atoms with E-state index in [1.165, 1.54) is 12.1 Å². The third kappa shape index (κ3) is 2.49. The molecule has 0 radical (unpaired) electrons. The van der Waals surface area contributed by atoms with E-state index in [4.69, 9.17) is 17.3 Å². The molecule has 5 heteroatoms. The predicted molar refractivity (Wildman–Crippen MR) is 74.4 cm³/mol. The van der Waals surface area contributed by atoms with Crippen molar-refractivity contribution in [2.75, 3.05) is 12.0 Å². The Morgan fingerprint density at radius 1 is 1.06 bits per heavy atom. The number of halogens is 1. The summed E-state index contributed by atoms with van der Waals surface area (Å²) in [6.45, 7) is 0. The van der Waals surface area contributed by atoms with Gasteiger partial charge in [0.15, 0.2) is 9.84 Å². The van der Waals surface area contributed by atoms with Gasteiger partial charge in [-0.15, -0.1) is 0 Å². The van der Waals surface area contributed by atoms with Crippen molar-refractivity contribution in [3.63, 3.8) is 0 Å². The standard InChI is InChI=1S/C13H12ClNO2S/c1-18(16,17)9-6-7-11(13(15)8-9)10-4-2-3-5-12(10)14/h2-8H,15H2,1H3. The molecule has 0 heterocycles. The van der Waals surface area contributed by atoms with Gasteiger partial charge in [0.25, 0.3) is 0 Å². The van der Waals surface area contributed by atoms with Crippen molar-refractivity contribution < 1.29 is 8.42 Å². The first-order valence-electron chi connectivity index (χ1n) is 5.24. The first-order chi connectivity index (χ1) is 8.39. The second kappa shape index (κ2) is 4.63. The van der Waals surface area contributed by atoms with Crippen molar-refractivity contribution in [2.45, 2.75) is 4.90 Å². The number of hydrogen-bond donors (Lipinski definition) is 1. The summed E-state index contributed by atoms with van der Waals surface area (Å²) in [7, 11) is -3.25. The quantitative estimate of drug-likeness (QED) is 0.861. The number of anilines is 1. The van der Waals surface area contributed by atoms with Gasteiger partial charge in [-0.05, 0) is 18.2 Å². The fourth-order valence-corrected chi connectivity index (χ4v) is 2.59. The Bertz CT molecular complexity index is 696. The van der Waals surface area contributed by atoms with E-state index < -0.39 is 9.84 Å². The molecule has 3 nitrogen and oxygen atoms in total. The van der Waals surface area contributed by atoms with E-state index in [0.29, 0.717) is 10.7 Å². The van der Waals surface area contributed by atoms with Crippen molar-refractivity contribution in [1.82, 2.24) is 0 Å². The van der Waals surface area contributed by atoms with E-state index in [0.717, 1.165) is 17.4 Å². The van der Waals surface area contributed by atoms with Crippen molar-refractivity contribution in [1.29, 1.82) is 0 Å². The summed E-state index contributed by atoms with van der Waals surface area (Å²) in [5, 5.41) is 0.580. The van der Waals surface area contributed by atoms with Gasteiger partial charge < -0.3 is 5.73 Å². The number of hydrogen-bond acceptors (Lipinski definition) is 3. The van der Waals surface area contributed by atoms with Crippen LogP contribution in [0.2, 0.25) is 5.02 Å². The zero-order chi connectivity index (χ0) is 13.3.